The van der Waals surface area contributed by atoms with Gasteiger partial charge in [0.15, 0.2) is 0 Å². The number of fused-ring (bicyclic) bond motifs is 1. The van der Waals surface area contributed by atoms with Gasteiger partial charge in [0.1, 0.15) is 23.7 Å². The quantitative estimate of drug-likeness (QED) is 0.591. The first kappa shape index (κ1) is 20.6. The number of carbonyl (C=O) groups is 3. The smallest absolute Gasteiger partial charge is 0.325 e. The van der Waals surface area contributed by atoms with Gasteiger partial charge in [-0.15, -0.1) is 0 Å². The molecule has 0 bridgehead atoms. The van der Waals surface area contributed by atoms with Crippen LogP contribution in [0.3, 0.4) is 0 Å². The molecule has 9 nitrogen and oxygen atoms in total. The van der Waals surface area contributed by atoms with E-state index >= 15 is 0 Å². The molecule has 10 heteroatoms. The summed E-state index contributed by atoms with van der Waals surface area (Å²) < 4.78 is 18.8. The zero-order valence-electron chi connectivity index (χ0n) is 15.8. The van der Waals surface area contributed by atoms with Crippen molar-refractivity contribution in [3.63, 3.8) is 0 Å². The minimum atomic E-state index is -0.615. The molecule has 2 aromatic heterocycles. The topological polar surface area (TPSA) is 119 Å². The van der Waals surface area contributed by atoms with Crippen LogP contribution < -0.4 is 16.2 Å². The predicted octanol–water partition coefficient (Wildman–Crippen LogP) is 1.38. The van der Waals surface area contributed by atoms with Crippen LogP contribution in [0.15, 0.2) is 53.6 Å². The monoisotopic (exact) mass is 412 g/mol. The van der Waals surface area contributed by atoms with Gasteiger partial charge in [-0.25, -0.2) is 9.37 Å². The summed E-state index contributed by atoms with van der Waals surface area (Å²) in [5.74, 6) is -2.28. The van der Waals surface area contributed by atoms with Crippen LogP contribution in [-0.2, 0) is 9.53 Å². The highest BCUT2D eigenvalue weighted by atomic mass is 19.1. The lowest BCUT2D eigenvalue weighted by Crippen LogP contribution is -2.31. The number of anilines is 1. The third-order valence-corrected chi connectivity index (χ3v) is 4.02. The summed E-state index contributed by atoms with van der Waals surface area (Å²) in [5.41, 5.74) is -0.214. The second-order valence-electron chi connectivity index (χ2n) is 6.07. The lowest BCUT2D eigenvalue weighted by atomic mass is 10.2. The Kier molecular flexibility index (Phi) is 6.16. The molecule has 2 heterocycles. The molecule has 0 spiro atoms. The molecule has 0 saturated carbocycles. The van der Waals surface area contributed by atoms with Crippen LogP contribution in [0.5, 0.6) is 0 Å². The number of esters is 1. The van der Waals surface area contributed by atoms with Crippen LogP contribution >= 0.6 is 0 Å². The molecule has 0 unspecified atom stereocenters. The second-order valence-corrected chi connectivity index (χ2v) is 6.07. The van der Waals surface area contributed by atoms with E-state index in [1.165, 1.54) is 36.7 Å². The van der Waals surface area contributed by atoms with Crippen molar-refractivity contribution in [3.05, 3.63) is 76.1 Å². The molecule has 0 radical (unpaired) electrons. The number of nitrogens with zero attached hydrogens (tertiary/aromatic N) is 2. The largest absolute Gasteiger partial charge is 0.465 e. The maximum atomic E-state index is 13.0. The molecule has 0 aliphatic carbocycles. The normalized spacial score (nSPS) is 10.5. The Morgan fingerprint density at radius 1 is 1.07 bits per heavy atom. The van der Waals surface area contributed by atoms with Gasteiger partial charge in [0.2, 0.25) is 0 Å². The van der Waals surface area contributed by atoms with Crippen LogP contribution in [0.4, 0.5) is 10.1 Å². The Balaban J connectivity index is 1.83. The summed E-state index contributed by atoms with van der Waals surface area (Å²) in [5, 5.41) is 4.81. The zero-order valence-corrected chi connectivity index (χ0v) is 15.8. The lowest BCUT2D eigenvalue weighted by molar-refractivity contribution is -0.141. The Bertz CT molecular complexity index is 1170. The minimum Gasteiger partial charge on any atom is -0.465 e. The van der Waals surface area contributed by atoms with Gasteiger partial charge in [0.05, 0.1) is 18.4 Å². The summed E-state index contributed by atoms with van der Waals surface area (Å²) in [6, 6.07) is 7.71. The van der Waals surface area contributed by atoms with Crippen LogP contribution in [0, 0.1) is 5.82 Å². The average Bonchev–Trinajstić information content (AvgIpc) is 2.74. The van der Waals surface area contributed by atoms with Gasteiger partial charge in [-0.2, -0.15) is 0 Å². The van der Waals surface area contributed by atoms with Crippen LogP contribution in [0.2, 0.25) is 0 Å². The molecule has 154 valence electrons. The second kappa shape index (κ2) is 8.95. The van der Waals surface area contributed by atoms with Crippen molar-refractivity contribution in [2.24, 2.45) is 0 Å². The first-order valence-electron chi connectivity index (χ1n) is 8.91. The predicted molar refractivity (Wildman–Crippen MR) is 105 cm³/mol. The van der Waals surface area contributed by atoms with E-state index in [-0.39, 0.29) is 35.6 Å². The van der Waals surface area contributed by atoms with Gasteiger partial charge in [-0.1, -0.05) is 0 Å². The first-order chi connectivity index (χ1) is 14.4. The summed E-state index contributed by atoms with van der Waals surface area (Å²) in [7, 11) is 0. The lowest BCUT2D eigenvalue weighted by Gasteiger charge is -2.09. The number of rotatable bonds is 6. The van der Waals surface area contributed by atoms with Gasteiger partial charge < -0.3 is 15.4 Å². The molecule has 0 aliphatic heterocycles. The van der Waals surface area contributed by atoms with Crippen molar-refractivity contribution in [1.29, 1.82) is 0 Å². The fourth-order valence-corrected chi connectivity index (χ4v) is 2.56. The molecule has 2 N–H and O–H groups in total. The number of aromatic nitrogens is 2. The standard InChI is InChI=1S/C20H17FN4O5/c1-2-30-17(26)10-23-18(27)13-5-8-16-22-9-15(20(29)25(16)11-13)24-19(28)12-3-6-14(21)7-4-12/h3-9,11H,2,10H2,1H3,(H,23,27)(H,24,28). The summed E-state index contributed by atoms with van der Waals surface area (Å²) in [6.07, 6.45) is 2.44. The maximum absolute atomic E-state index is 13.0. The Morgan fingerprint density at radius 3 is 2.47 bits per heavy atom. The van der Waals surface area contributed by atoms with Gasteiger partial charge in [0, 0.05) is 11.8 Å². The van der Waals surface area contributed by atoms with Gasteiger partial charge in [-0.3, -0.25) is 23.6 Å². The highest BCUT2D eigenvalue weighted by Crippen LogP contribution is 2.08. The fraction of sp³-hybridized carbons (Fsp3) is 0.150. The van der Waals surface area contributed by atoms with Crippen molar-refractivity contribution in [1.82, 2.24) is 14.7 Å². The summed E-state index contributed by atoms with van der Waals surface area (Å²) >= 11 is 0. The highest BCUT2D eigenvalue weighted by molar-refractivity contribution is 6.04. The van der Waals surface area contributed by atoms with E-state index in [4.69, 9.17) is 4.74 Å². The highest BCUT2D eigenvalue weighted by Gasteiger charge is 2.13. The molecule has 2 amide bonds. The molecule has 0 aliphatic rings. The van der Waals surface area contributed by atoms with Crippen molar-refractivity contribution in [2.45, 2.75) is 6.92 Å². The van der Waals surface area contributed by atoms with Crippen LogP contribution in [-0.4, -0.2) is 40.3 Å². The van der Waals surface area contributed by atoms with E-state index in [2.05, 4.69) is 15.6 Å². The molecular weight excluding hydrogens is 395 g/mol. The van der Waals surface area contributed by atoms with Crippen molar-refractivity contribution in [2.75, 3.05) is 18.5 Å². The van der Waals surface area contributed by atoms with E-state index in [0.29, 0.717) is 0 Å². The minimum absolute atomic E-state index is 0.109. The number of halogens is 1. The number of pyridine rings is 1. The molecule has 3 aromatic rings. The number of amides is 2. The molecule has 3 rings (SSSR count). The first-order valence-corrected chi connectivity index (χ1v) is 8.91. The summed E-state index contributed by atoms with van der Waals surface area (Å²) in [4.78, 5) is 52.7. The maximum Gasteiger partial charge on any atom is 0.325 e. The van der Waals surface area contributed by atoms with E-state index in [0.717, 1.165) is 16.5 Å². The molecule has 1 aromatic carbocycles. The van der Waals surface area contributed by atoms with Gasteiger partial charge >= 0.3 is 5.97 Å². The third-order valence-electron chi connectivity index (χ3n) is 4.02. The Morgan fingerprint density at radius 2 is 1.77 bits per heavy atom. The zero-order chi connectivity index (χ0) is 21.7. The number of benzene rings is 1. The van der Waals surface area contributed by atoms with Gasteiger partial charge in [0.25, 0.3) is 17.4 Å². The van der Waals surface area contributed by atoms with Crippen LogP contribution in [0.25, 0.3) is 5.65 Å². The molecule has 0 saturated heterocycles. The average molecular weight is 412 g/mol. The third kappa shape index (κ3) is 4.66. The van der Waals surface area contributed by atoms with Gasteiger partial charge in [-0.05, 0) is 43.3 Å². The SMILES string of the molecule is CCOC(=O)CNC(=O)c1ccc2ncc(NC(=O)c3ccc(F)cc3)c(=O)n2c1. The Labute approximate surface area is 169 Å². The van der Waals surface area contributed by atoms with E-state index in [9.17, 15) is 23.6 Å². The number of hydrogen-bond acceptors (Lipinski definition) is 6. The van der Waals surface area contributed by atoms with E-state index < -0.39 is 29.2 Å². The number of carbonyl (C=O) groups excluding carboxylic acids is 3. The van der Waals surface area contributed by atoms with Crippen molar-refractivity contribution < 1.29 is 23.5 Å². The van der Waals surface area contributed by atoms with Crippen molar-refractivity contribution >= 4 is 29.1 Å². The molecular formula is C20H17FN4O5. The van der Waals surface area contributed by atoms with E-state index in [1.807, 2.05) is 0 Å². The molecule has 0 fully saturated rings. The molecule has 0 atom stereocenters. The van der Waals surface area contributed by atoms with E-state index in [1.54, 1.807) is 6.92 Å². The molecule has 30 heavy (non-hydrogen) atoms. The van der Waals surface area contributed by atoms with Crippen molar-refractivity contribution in [3.8, 4) is 0 Å². The number of ether oxygens (including phenoxy) is 1. The fourth-order valence-electron chi connectivity index (χ4n) is 2.56. The number of hydrogen-bond donors (Lipinski definition) is 2. The summed E-state index contributed by atoms with van der Waals surface area (Å²) in [6.45, 7) is 1.53. The number of nitrogens with one attached hydrogen (secondary N) is 2. The Hall–Kier alpha value is -4.08. The van der Waals surface area contributed by atoms with Crippen LogP contribution in [0.1, 0.15) is 27.6 Å².